The molecule has 0 spiro atoms. The summed E-state index contributed by atoms with van der Waals surface area (Å²) in [4.78, 5) is 25.3. The third-order valence-corrected chi connectivity index (χ3v) is 7.82. The molecule has 8 heteroatoms. The lowest BCUT2D eigenvalue weighted by Gasteiger charge is -2.11. The number of aryl methyl sites for hydroxylation is 1. The van der Waals surface area contributed by atoms with E-state index >= 15 is 0 Å². The number of hydrogen-bond donors (Lipinski definition) is 2. The van der Waals surface area contributed by atoms with Crippen LogP contribution in [0.25, 0.3) is 0 Å². The molecule has 2 aromatic carbocycles. The molecule has 0 saturated heterocycles. The third-order valence-electron chi connectivity index (χ3n) is 4.77. The molecule has 1 atom stereocenters. The van der Waals surface area contributed by atoms with Crippen LogP contribution < -0.4 is 10.6 Å². The summed E-state index contributed by atoms with van der Waals surface area (Å²) >= 11 is 1.52. The summed E-state index contributed by atoms with van der Waals surface area (Å²) in [7, 11) is -3.66. The lowest BCUT2D eigenvalue weighted by atomic mass is 10.1. The molecular formula is C21H24N2O4S2. The number of thioether (sulfide) groups is 1. The SMILES string of the molecule is CCc1ccccc1NC(=O)CCS(=O)(=O)c1ccc2c(c1)NC(=O)[C@H](C)CS2. The minimum absolute atomic E-state index is 0.105. The first kappa shape index (κ1) is 21.4. The van der Waals surface area contributed by atoms with E-state index in [4.69, 9.17) is 0 Å². The van der Waals surface area contributed by atoms with Crippen molar-refractivity contribution in [1.29, 1.82) is 0 Å². The first-order valence-corrected chi connectivity index (χ1v) is 12.1. The van der Waals surface area contributed by atoms with E-state index in [0.29, 0.717) is 17.1 Å². The molecule has 1 aliphatic rings. The van der Waals surface area contributed by atoms with Crippen molar-refractivity contribution in [3.8, 4) is 0 Å². The van der Waals surface area contributed by atoms with Crippen LogP contribution in [0.4, 0.5) is 11.4 Å². The van der Waals surface area contributed by atoms with Gasteiger partial charge >= 0.3 is 0 Å². The maximum absolute atomic E-state index is 12.7. The van der Waals surface area contributed by atoms with Crippen LogP contribution in [0.15, 0.2) is 52.3 Å². The Morgan fingerprint density at radius 3 is 2.76 bits per heavy atom. The second-order valence-electron chi connectivity index (χ2n) is 6.99. The lowest BCUT2D eigenvalue weighted by molar-refractivity contribution is -0.118. The Labute approximate surface area is 175 Å². The number of carbonyl (C=O) groups is 2. The Morgan fingerprint density at radius 2 is 2.00 bits per heavy atom. The highest BCUT2D eigenvalue weighted by molar-refractivity contribution is 7.99. The average Bonchev–Trinajstić information content (AvgIpc) is 2.85. The van der Waals surface area contributed by atoms with Gasteiger partial charge in [0.1, 0.15) is 0 Å². The normalized spacial score (nSPS) is 16.5. The molecule has 1 aliphatic heterocycles. The second-order valence-corrected chi connectivity index (χ2v) is 10.2. The summed E-state index contributed by atoms with van der Waals surface area (Å²) in [6.07, 6.45) is 0.627. The Bertz CT molecular complexity index is 1030. The van der Waals surface area contributed by atoms with Crippen LogP contribution in [-0.2, 0) is 25.8 Å². The van der Waals surface area contributed by atoms with Gasteiger partial charge < -0.3 is 10.6 Å². The molecule has 154 valence electrons. The maximum Gasteiger partial charge on any atom is 0.228 e. The van der Waals surface area contributed by atoms with Crippen molar-refractivity contribution in [1.82, 2.24) is 0 Å². The first-order valence-electron chi connectivity index (χ1n) is 9.48. The number of anilines is 2. The molecule has 29 heavy (non-hydrogen) atoms. The van der Waals surface area contributed by atoms with E-state index < -0.39 is 9.84 Å². The largest absolute Gasteiger partial charge is 0.326 e. The van der Waals surface area contributed by atoms with E-state index in [1.165, 1.54) is 23.9 Å². The molecule has 2 amide bonds. The molecule has 0 aromatic heterocycles. The number of fused-ring (bicyclic) bond motifs is 1. The number of sulfone groups is 1. The molecule has 2 aromatic rings. The predicted molar refractivity (Wildman–Crippen MR) is 116 cm³/mol. The van der Waals surface area contributed by atoms with Gasteiger partial charge in [0, 0.05) is 28.7 Å². The van der Waals surface area contributed by atoms with E-state index in [-0.39, 0.29) is 34.8 Å². The van der Waals surface area contributed by atoms with Crippen LogP contribution in [0, 0.1) is 5.92 Å². The standard InChI is InChI=1S/C21H24N2O4S2/c1-3-15-6-4-5-7-17(15)22-20(24)10-11-29(26,27)16-8-9-19-18(12-16)23-21(25)14(2)13-28-19/h4-9,12,14H,3,10-11,13H2,1-2H3,(H,22,24)(H,23,25)/t14-/m1/s1. The fourth-order valence-corrected chi connectivity index (χ4v) is 5.25. The van der Waals surface area contributed by atoms with Crippen molar-refractivity contribution >= 4 is 44.8 Å². The van der Waals surface area contributed by atoms with E-state index in [1.54, 1.807) is 12.1 Å². The van der Waals surface area contributed by atoms with Crippen molar-refractivity contribution in [2.24, 2.45) is 5.92 Å². The molecule has 3 rings (SSSR count). The van der Waals surface area contributed by atoms with Gasteiger partial charge in [-0.2, -0.15) is 0 Å². The van der Waals surface area contributed by atoms with Crippen molar-refractivity contribution < 1.29 is 18.0 Å². The van der Waals surface area contributed by atoms with Gasteiger partial charge in [-0.3, -0.25) is 9.59 Å². The van der Waals surface area contributed by atoms with E-state index in [1.807, 2.05) is 32.0 Å². The maximum atomic E-state index is 12.7. The van der Waals surface area contributed by atoms with Crippen molar-refractivity contribution in [2.75, 3.05) is 22.1 Å². The molecule has 0 fully saturated rings. The van der Waals surface area contributed by atoms with Gasteiger partial charge in [0.25, 0.3) is 0 Å². The predicted octanol–water partition coefficient (Wildman–Crippen LogP) is 3.73. The summed E-state index contributed by atoms with van der Waals surface area (Å²) in [6.45, 7) is 3.83. The molecular weight excluding hydrogens is 408 g/mol. The smallest absolute Gasteiger partial charge is 0.228 e. The molecule has 0 bridgehead atoms. The fourth-order valence-electron chi connectivity index (χ4n) is 2.98. The Kier molecular flexibility index (Phi) is 6.64. The first-order chi connectivity index (χ1) is 13.8. The lowest BCUT2D eigenvalue weighted by Crippen LogP contribution is -2.20. The minimum atomic E-state index is -3.66. The van der Waals surface area contributed by atoms with Crippen molar-refractivity contribution in [3.05, 3.63) is 48.0 Å². The van der Waals surface area contributed by atoms with Crippen LogP contribution >= 0.6 is 11.8 Å². The van der Waals surface area contributed by atoms with Crippen LogP contribution in [-0.4, -0.2) is 31.7 Å². The second kappa shape index (κ2) is 9.00. The van der Waals surface area contributed by atoms with Crippen molar-refractivity contribution in [3.63, 3.8) is 0 Å². The number of rotatable bonds is 6. The highest BCUT2D eigenvalue weighted by Crippen LogP contribution is 2.34. The summed E-state index contributed by atoms with van der Waals surface area (Å²) in [5.74, 6) is -0.280. The summed E-state index contributed by atoms with van der Waals surface area (Å²) in [6, 6.07) is 12.2. The van der Waals surface area contributed by atoms with Gasteiger partial charge in [-0.25, -0.2) is 8.42 Å². The summed E-state index contributed by atoms with van der Waals surface area (Å²) in [5.41, 5.74) is 2.21. The Balaban J connectivity index is 1.69. The zero-order chi connectivity index (χ0) is 21.0. The van der Waals surface area contributed by atoms with Gasteiger partial charge in [-0.1, -0.05) is 32.0 Å². The van der Waals surface area contributed by atoms with Gasteiger partial charge in [-0.05, 0) is 36.2 Å². The number of hydrogen-bond acceptors (Lipinski definition) is 5. The van der Waals surface area contributed by atoms with Gasteiger partial charge in [-0.15, -0.1) is 11.8 Å². The van der Waals surface area contributed by atoms with Gasteiger partial charge in [0.15, 0.2) is 9.84 Å². The molecule has 0 aliphatic carbocycles. The Morgan fingerprint density at radius 1 is 1.24 bits per heavy atom. The van der Waals surface area contributed by atoms with Crippen LogP contribution in [0.3, 0.4) is 0 Å². The number of amides is 2. The molecule has 1 heterocycles. The quantitative estimate of drug-likeness (QED) is 0.726. The average molecular weight is 433 g/mol. The molecule has 0 unspecified atom stereocenters. The zero-order valence-corrected chi connectivity index (χ0v) is 18.0. The number of nitrogens with one attached hydrogen (secondary N) is 2. The highest BCUT2D eigenvalue weighted by Gasteiger charge is 2.23. The highest BCUT2D eigenvalue weighted by atomic mass is 32.2. The molecule has 6 nitrogen and oxygen atoms in total. The van der Waals surface area contributed by atoms with Crippen LogP contribution in [0.2, 0.25) is 0 Å². The monoisotopic (exact) mass is 432 g/mol. The van der Waals surface area contributed by atoms with E-state index in [9.17, 15) is 18.0 Å². The number of carbonyl (C=O) groups excluding carboxylic acids is 2. The zero-order valence-electron chi connectivity index (χ0n) is 16.4. The topological polar surface area (TPSA) is 92.3 Å². The summed E-state index contributed by atoms with van der Waals surface area (Å²) in [5, 5.41) is 5.58. The molecule has 2 N–H and O–H groups in total. The van der Waals surface area contributed by atoms with E-state index in [0.717, 1.165) is 16.9 Å². The fraction of sp³-hybridized carbons (Fsp3) is 0.333. The number of para-hydroxylation sites is 1. The van der Waals surface area contributed by atoms with Gasteiger partial charge in [0.05, 0.1) is 16.3 Å². The minimum Gasteiger partial charge on any atom is -0.326 e. The molecule has 0 saturated carbocycles. The van der Waals surface area contributed by atoms with E-state index in [2.05, 4.69) is 10.6 Å². The van der Waals surface area contributed by atoms with Crippen LogP contribution in [0.5, 0.6) is 0 Å². The Hall–Kier alpha value is -2.32. The third kappa shape index (κ3) is 5.19. The van der Waals surface area contributed by atoms with Gasteiger partial charge in [0.2, 0.25) is 11.8 Å². The number of benzene rings is 2. The van der Waals surface area contributed by atoms with Crippen molar-refractivity contribution in [2.45, 2.75) is 36.5 Å². The van der Waals surface area contributed by atoms with Crippen LogP contribution in [0.1, 0.15) is 25.8 Å². The molecule has 0 radical (unpaired) electrons. The summed E-state index contributed by atoms with van der Waals surface area (Å²) < 4.78 is 25.5.